The van der Waals surface area contributed by atoms with Gasteiger partial charge in [-0.1, -0.05) is 81.7 Å². The predicted molar refractivity (Wildman–Crippen MR) is 102 cm³/mol. The molecule has 116 valence electrons. The molecule has 21 heavy (non-hydrogen) atoms. The van der Waals surface area contributed by atoms with Gasteiger partial charge in [-0.15, -0.1) is 0 Å². The lowest BCUT2D eigenvalue weighted by Crippen LogP contribution is -2.40. The second kappa shape index (κ2) is 8.52. The van der Waals surface area contributed by atoms with Gasteiger partial charge in [0.15, 0.2) is 8.32 Å². The van der Waals surface area contributed by atoms with Gasteiger partial charge in [-0.05, 0) is 38.2 Å². The molecule has 1 aromatic carbocycles. The zero-order valence-corrected chi connectivity index (χ0v) is 17.4. The molecule has 0 aromatic heterocycles. The Kier molecular flexibility index (Phi) is 7.70. The largest absolute Gasteiger partial charge is 0.402 e. The highest BCUT2D eigenvalue weighted by Gasteiger charge is 2.36. The maximum Gasteiger partial charge on any atom is 0.185 e. The third-order valence-corrected chi connectivity index (χ3v) is 5.41. The lowest BCUT2D eigenvalue weighted by atomic mass is 10.1. The molecule has 1 atom stereocenters. The summed E-state index contributed by atoms with van der Waals surface area (Å²) in [7, 11) is -1.67. The van der Waals surface area contributed by atoms with Crippen molar-refractivity contribution in [2.24, 2.45) is 0 Å². The summed E-state index contributed by atoms with van der Waals surface area (Å²) in [5, 5.41) is 0. The van der Waals surface area contributed by atoms with E-state index in [1.165, 1.54) is 0 Å². The van der Waals surface area contributed by atoms with E-state index in [2.05, 4.69) is 70.3 Å². The molecular formula is C17H24Br2OSi. The van der Waals surface area contributed by atoms with Crippen LogP contribution in [0.5, 0.6) is 0 Å². The molecule has 4 heteroatoms. The first kappa shape index (κ1) is 19.0. The number of hydrogen-bond acceptors (Lipinski definition) is 1. The van der Waals surface area contributed by atoms with E-state index >= 15 is 0 Å². The Hall–Kier alpha value is -0.0831. The van der Waals surface area contributed by atoms with E-state index in [0.717, 1.165) is 24.8 Å². The Morgan fingerprint density at radius 1 is 1.19 bits per heavy atom. The summed E-state index contributed by atoms with van der Waals surface area (Å²) in [5.41, 5.74) is 1.02. The Balaban J connectivity index is 2.95. The highest BCUT2D eigenvalue weighted by molar-refractivity contribution is 9.25. The second-order valence-corrected chi connectivity index (χ2v) is 14.5. The Bertz CT molecular complexity index is 483. The molecule has 0 aliphatic heterocycles. The van der Waals surface area contributed by atoms with Crippen molar-refractivity contribution in [2.45, 2.75) is 55.2 Å². The molecule has 0 saturated carbocycles. The molecule has 0 radical (unpaired) electrons. The van der Waals surface area contributed by atoms with Crippen molar-refractivity contribution in [3.05, 3.63) is 35.9 Å². The van der Waals surface area contributed by atoms with Crippen LogP contribution in [-0.2, 0) is 4.43 Å². The first-order valence-electron chi connectivity index (χ1n) is 7.37. The van der Waals surface area contributed by atoms with E-state index in [4.69, 9.17) is 4.43 Å². The first-order chi connectivity index (χ1) is 9.74. The molecule has 0 unspecified atom stereocenters. The number of halogens is 2. The fourth-order valence-electron chi connectivity index (χ4n) is 1.79. The lowest BCUT2D eigenvalue weighted by Gasteiger charge is -2.32. The lowest BCUT2D eigenvalue weighted by molar-refractivity contribution is 0.235. The van der Waals surface area contributed by atoms with Gasteiger partial charge in [0.2, 0.25) is 0 Å². The maximum absolute atomic E-state index is 6.29. The minimum atomic E-state index is -1.67. The van der Waals surface area contributed by atoms with Gasteiger partial charge >= 0.3 is 0 Å². The monoisotopic (exact) mass is 430 g/mol. The molecule has 0 bridgehead atoms. The summed E-state index contributed by atoms with van der Waals surface area (Å²) >= 11 is 7.57. The SMILES string of the molecule is CCCCC(Br)(Br)[C@@H](C#Cc1ccccc1)O[Si](C)(C)C. The van der Waals surface area contributed by atoms with Gasteiger partial charge in [0, 0.05) is 5.56 Å². The second-order valence-electron chi connectivity index (χ2n) is 6.11. The topological polar surface area (TPSA) is 9.23 Å². The van der Waals surface area contributed by atoms with Crippen LogP contribution in [0, 0.1) is 11.8 Å². The van der Waals surface area contributed by atoms with Gasteiger partial charge in [0.1, 0.15) is 9.34 Å². The zero-order chi connectivity index (χ0) is 15.9. The summed E-state index contributed by atoms with van der Waals surface area (Å²) in [6.45, 7) is 8.78. The van der Waals surface area contributed by atoms with Crippen LogP contribution in [0.2, 0.25) is 19.6 Å². The predicted octanol–water partition coefficient (Wildman–Crippen LogP) is 5.93. The van der Waals surface area contributed by atoms with E-state index in [9.17, 15) is 0 Å². The number of unbranched alkanes of at least 4 members (excludes halogenated alkanes) is 1. The summed E-state index contributed by atoms with van der Waals surface area (Å²) in [6, 6.07) is 10.1. The number of hydrogen-bond donors (Lipinski definition) is 0. The summed E-state index contributed by atoms with van der Waals surface area (Å²) in [5.74, 6) is 6.55. The van der Waals surface area contributed by atoms with Gasteiger partial charge in [0.25, 0.3) is 0 Å². The van der Waals surface area contributed by atoms with Crippen LogP contribution in [-0.4, -0.2) is 17.7 Å². The standard InChI is InChI=1S/C17H24Br2OSi/c1-5-6-14-17(18,19)16(20-21(2,3)4)13-12-15-10-8-7-9-11-15/h7-11,16H,5-6,14H2,1-4H3/t16-/m1/s1. The highest BCUT2D eigenvalue weighted by atomic mass is 79.9. The van der Waals surface area contributed by atoms with Gasteiger partial charge < -0.3 is 4.43 Å². The maximum atomic E-state index is 6.29. The van der Waals surface area contributed by atoms with E-state index in [1.807, 2.05) is 30.3 Å². The summed E-state index contributed by atoms with van der Waals surface area (Å²) in [6.07, 6.45) is 3.12. The molecule has 0 amide bonds. The van der Waals surface area contributed by atoms with Crippen LogP contribution < -0.4 is 0 Å². The zero-order valence-electron chi connectivity index (χ0n) is 13.2. The molecule has 1 nitrogen and oxygen atoms in total. The van der Waals surface area contributed by atoms with Crippen LogP contribution in [0.3, 0.4) is 0 Å². The molecule has 0 saturated heterocycles. The Labute approximate surface area is 147 Å². The van der Waals surface area contributed by atoms with Crippen LogP contribution >= 0.6 is 31.9 Å². The fourth-order valence-corrected chi connectivity index (χ4v) is 4.08. The minimum Gasteiger partial charge on any atom is -0.402 e. The number of alkyl halides is 2. The van der Waals surface area contributed by atoms with Crippen molar-refractivity contribution in [3.8, 4) is 11.8 Å². The van der Waals surface area contributed by atoms with Gasteiger partial charge in [-0.3, -0.25) is 0 Å². The molecular weight excluding hydrogens is 408 g/mol. The van der Waals surface area contributed by atoms with Crippen LogP contribution in [0.15, 0.2) is 30.3 Å². The molecule has 0 aliphatic rings. The molecule has 1 aromatic rings. The molecule has 0 spiro atoms. The van der Waals surface area contributed by atoms with E-state index < -0.39 is 8.32 Å². The van der Waals surface area contributed by atoms with Crippen molar-refractivity contribution in [3.63, 3.8) is 0 Å². The smallest absolute Gasteiger partial charge is 0.185 e. The van der Waals surface area contributed by atoms with Gasteiger partial charge in [0.05, 0.1) is 0 Å². The first-order valence-corrected chi connectivity index (χ1v) is 12.4. The van der Waals surface area contributed by atoms with Crippen molar-refractivity contribution in [1.29, 1.82) is 0 Å². The minimum absolute atomic E-state index is 0.157. The van der Waals surface area contributed by atoms with E-state index in [-0.39, 0.29) is 9.34 Å². The average Bonchev–Trinajstić information content (AvgIpc) is 2.41. The van der Waals surface area contributed by atoms with Crippen LogP contribution in [0.4, 0.5) is 0 Å². The molecule has 0 aliphatic carbocycles. The quantitative estimate of drug-likeness (QED) is 0.308. The third kappa shape index (κ3) is 7.65. The van der Waals surface area contributed by atoms with Crippen LogP contribution in [0.25, 0.3) is 0 Å². The summed E-state index contributed by atoms with van der Waals surface area (Å²) in [4.78, 5) is 0. The normalized spacial score (nSPS) is 13.4. The molecule has 0 N–H and O–H groups in total. The highest BCUT2D eigenvalue weighted by Crippen LogP contribution is 2.38. The van der Waals surface area contributed by atoms with Crippen molar-refractivity contribution in [2.75, 3.05) is 0 Å². The van der Waals surface area contributed by atoms with Crippen LogP contribution in [0.1, 0.15) is 31.7 Å². The molecule has 1 rings (SSSR count). The molecule has 0 fully saturated rings. The number of rotatable bonds is 6. The van der Waals surface area contributed by atoms with Gasteiger partial charge in [-0.25, -0.2) is 0 Å². The summed E-state index contributed by atoms with van der Waals surface area (Å²) < 4.78 is 6.01. The van der Waals surface area contributed by atoms with Gasteiger partial charge in [-0.2, -0.15) is 0 Å². The van der Waals surface area contributed by atoms with E-state index in [1.54, 1.807) is 0 Å². The molecule has 0 heterocycles. The fraction of sp³-hybridized carbons (Fsp3) is 0.529. The average molecular weight is 432 g/mol. The Morgan fingerprint density at radius 2 is 1.81 bits per heavy atom. The van der Waals surface area contributed by atoms with E-state index in [0.29, 0.717) is 0 Å². The van der Waals surface area contributed by atoms with Crippen molar-refractivity contribution in [1.82, 2.24) is 0 Å². The van der Waals surface area contributed by atoms with Crippen molar-refractivity contribution >= 4 is 40.2 Å². The van der Waals surface area contributed by atoms with Crippen molar-refractivity contribution < 1.29 is 4.43 Å². The third-order valence-electron chi connectivity index (χ3n) is 2.84. The Morgan fingerprint density at radius 3 is 2.33 bits per heavy atom. The number of benzene rings is 1.